The van der Waals surface area contributed by atoms with Crippen LogP contribution in [0, 0.1) is 12.3 Å². The Bertz CT molecular complexity index is 559. The van der Waals surface area contributed by atoms with Crippen LogP contribution in [0.1, 0.15) is 23.6 Å². The standard InChI is InChI=1S/C11H10N2OS/c1-4-8(14)10-11(7(2)3)15-9-5-12-6-13(9)10/h1,5-6,8,14H,2H2,3H3. The SMILES string of the molecule is C#CC(O)c1c(C(=C)C)sc2cncn12. The van der Waals surface area contributed by atoms with Crippen LogP contribution in [-0.4, -0.2) is 14.5 Å². The molecule has 0 saturated carbocycles. The van der Waals surface area contributed by atoms with E-state index in [9.17, 15) is 5.11 Å². The molecule has 1 unspecified atom stereocenters. The monoisotopic (exact) mass is 218 g/mol. The fourth-order valence-electron chi connectivity index (χ4n) is 1.45. The third-order valence-corrected chi connectivity index (χ3v) is 3.38. The summed E-state index contributed by atoms with van der Waals surface area (Å²) in [7, 11) is 0. The molecule has 0 fully saturated rings. The van der Waals surface area contributed by atoms with E-state index in [0.29, 0.717) is 5.69 Å². The maximum absolute atomic E-state index is 9.75. The van der Waals surface area contributed by atoms with Crippen molar-refractivity contribution in [2.45, 2.75) is 13.0 Å². The zero-order valence-corrected chi connectivity index (χ0v) is 9.08. The van der Waals surface area contributed by atoms with Crippen molar-refractivity contribution in [1.82, 2.24) is 9.38 Å². The molecule has 4 heteroatoms. The first kappa shape index (κ1) is 9.97. The minimum Gasteiger partial charge on any atom is -0.374 e. The lowest BCUT2D eigenvalue weighted by atomic mass is 10.1. The highest BCUT2D eigenvalue weighted by molar-refractivity contribution is 7.18. The lowest BCUT2D eigenvalue weighted by molar-refractivity contribution is 0.232. The lowest BCUT2D eigenvalue weighted by Crippen LogP contribution is -2.00. The molecule has 0 aliphatic carbocycles. The molecule has 2 rings (SSSR count). The van der Waals surface area contributed by atoms with Crippen LogP contribution in [0.15, 0.2) is 19.1 Å². The normalized spacial score (nSPS) is 12.6. The molecule has 1 N–H and O–H groups in total. The van der Waals surface area contributed by atoms with E-state index in [2.05, 4.69) is 17.5 Å². The summed E-state index contributed by atoms with van der Waals surface area (Å²) in [5.41, 5.74) is 1.58. The van der Waals surface area contributed by atoms with Crippen molar-refractivity contribution in [2.75, 3.05) is 0 Å². The van der Waals surface area contributed by atoms with Crippen LogP contribution < -0.4 is 0 Å². The van der Waals surface area contributed by atoms with Crippen LogP contribution in [0.2, 0.25) is 0 Å². The van der Waals surface area contributed by atoms with Gasteiger partial charge in [0, 0.05) is 0 Å². The fraction of sp³-hybridized carbons (Fsp3) is 0.182. The average Bonchev–Trinajstić information content (AvgIpc) is 2.74. The van der Waals surface area contributed by atoms with Gasteiger partial charge >= 0.3 is 0 Å². The van der Waals surface area contributed by atoms with Gasteiger partial charge in [0.05, 0.1) is 16.8 Å². The summed E-state index contributed by atoms with van der Waals surface area (Å²) in [6.07, 6.45) is 7.70. The third-order valence-electron chi connectivity index (χ3n) is 2.11. The highest BCUT2D eigenvalue weighted by atomic mass is 32.1. The second-order valence-electron chi connectivity index (χ2n) is 3.27. The molecular weight excluding hydrogens is 208 g/mol. The Morgan fingerprint density at radius 3 is 3.13 bits per heavy atom. The number of fused-ring (bicyclic) bond motifs is 1. The summed E-state index contributed by atoms with van der Waals surface area (Å²) < 4.78 is 1.80. The molecule has 0 saturated heterocycles. The van der Waals surface area contributed by atoms with Gasteiger partial charge in [-0.15, -0.1) is 17.8 Å². The summed E-state index contributed by atoms with van der Waals surface area (Å²) in [5.74, 6) is 2.32. The van der Waals surface area contributed by atoms with Gasteiger partial charge in [0.1, 0.15) is 11.2 Å². The van der Waals surface area contributed by atoms with Gasteiger partial charge in [-0.2, -0.15) is 0 Å². The Morgan fingerprint density at radius 1 is 1.80 bits per heavy atom. The van der Waals surface area contributed by atoms with Gasteiger partial charge in [0.25, 0.3) is 0 Å². The Hall–Kier alpha value is -1.57. The van der Waals surface area contributed by atoms with Crippen LogP contribution in [0.25, 0.3) is 10.4 Å². The molecule has 76 valence electrons. The highest BCUT2D eigenvalue weighted by Crippen LogP contribution is 2.32. The highest BCUT2D eigenvalue weighted by Gasteiger charge is 2.18. The van der Waals surface area contributed by atoms with Crippen molar-refractivity contribution in [3.05, 3.63) is 29.7 Å². The van der Waals surface area contributed by atoms with E-state index in [4.69, 9.17) is 6.42 Å². The Balaban J connectivity index is 2.75. The number of hydrogen-bond acceptors (Lipinski definition) is 3. The third kappa shape index (κ3) is 1.46. The topological polar surface area (TPSA) is 37.5 Å². The van der Waals surface area contributed by atoms with Crippen LogP contribution in [-0.2, 0) is 0 Å². The summed E-state index contributed by atoms with van der Waals surface area (Å²) in [4.78, 5) is 5.89. The number of thiazole rings is 1. The number of rotatable bonds is 2. The van der Waals surface area contributed by atoms with E-state index in [1.165, 1.54) is 11.3 Å². The van der Waals surface area contributed by atoms with Gasteiger partial charge in [-0.3, -0.25) is 4.40 Å². The molecule has 1 atom stereocenters. The number of nitrogens with zero attached hydrogens (tertiary/aromatic N) is 2. The molecule has 2 aromatic rings. The molecule has 2 aromatic heterocycles. The molecule has 0 aliphatic heterocycles. The van der Waals surface area contributed by atoms with Crippen molar-refractivity contribution in [3.8, 4) is 12.3 Å². The second-order valence-corrected chi connectivity index (χ2v) is 4.30. The van der Waals surface area contributed by atoms with Gasteiger partial charge in [0.15, 0.2) is 6.10 Å². The lowest BCUT2D eigenvalue weighted by Gasteiger charge is -2.05. The van der Waals surface area contributed by atoms with E-state index in [1.807, 2.05) is 6.92 Å². The van der Waals surface area contributed by atoms with Crippen molar-refractivity contribution in [1.29, 1.82) is 0 Å². The number of aliphatic hydroxyl groups excluding tert-OH is 1. The van der Waals surface area contributed by atoms with Crippen LogP contribution in [0.5, 0.6) is 0 Å². The number of imidazole rings is 1. The first-order valence-corrected chi connectivity index (χ1v) is 5.21. The number of allylic oxidation sites excluding steroid dienone is 1. The summed E-state index contributed by atoms with van der Waals surface area (Å²) in [6.45, 7) is 5.77. The van der Waals surface area contributed by atoms with Crippen LogP contribution in [0.3, 0.4) is 0 Å². The Morgan fingerprint density at radius 2 is 2.53 bits per heavy atom. The van der Waals surface area contributed by atoms with E-state index in [1.54, 1.807) is 16.9 Å². The summed E-state index contributed by atoms with van der Waals surface area (Å²) >= 11 is 1.53. The van der Waals surface area contributed by atoms with Gasteiger partial charge in [-0.05, 0) is 12.5 Å². The maximum atomic E-state index is 9.75. The zero-order valence-electron chi connectivity index (χ0n) is 8.27. The van der Waals surface area contributed by atoms with E-state index < -0.39 is 6.10 Å². The second kappa shape index (κ2) is 3.54. The van der Waals surface area contributed by atoms with Gasteiger partial charge in [-0.25, -0.2) is 4.98 Å². The van der Waals surface area contributed by atoms with Crippen molar-refractivity contribution in [2.24, 2.45) is 0 Å². The minimum atomic E-state index is -0.917. The molecule has 2 heterocycles. The zero-order chi connectivity index (χ0) is 11.0. The Labute approximate surface area is 91.7 Å². The van der Waals surface area contributed by atoms with Crippen molar-refractivity contribution >= 4 is 21.7 Å². The number of hydrogen-bond donors (Lipinski definition) is 1. The van der Waals surface area contributed by atoms with Gasteiger partial charge < -0.3 is 5.11 Å². The summed E-state index contributed by atoms with van der Waals surface area (Å²) in [5, 5.41) is 9.75. The number of terminal acetylenes is 1. The van der Waals surface area contributed by atoms with Gasteiger partial charge in [-0.1, -0.05) is 12.5 Å². The molecule has 0 spiro atoms. The molecule has 3 nitrogen and oxygen atoms in total. The maximum Gasteiger partial charge on any atom is 0.156 e. The van der Waals surface area contributed by atoms with E-state index >= 15 is 0 Å². The van der Waals surface area contributed by atoms with Crippen LogP contribution in [0.4, 0.5) is 0 Å². The number of aliphatic hydroxyl groups is 1. The summed E-state index contributed by atoms with van der Waals surface area (Å²) in [6, 6.07) is 0. The van der Waals surface area contributed by atoms with Gasteiger partial charge in [0.2, 0.25) is 0 Å². The van der Waals surface area contributed by atoms with Crippen LogP contribution >= 0.6 is 11.3 Å². The number of aromatic nitrogens is 2. The predicted molar refractivity (Wildman–Crippen MR) is 61.6 cm³/mol. The first-order chi connectivity index (χ1) is 7.15. The minimum absolute atomic E-state index is 0.683. The molecular formula is C11H10N2OS. The van der Waals surface area contributed by atoms with E-state index in [0.717, 1.165) is 15.3 Å². The fourth-order valence-corrected chi connectivity index (χ4v) is 2.50. The smallest absolute Gasteiger partial charge is 0.156 e. The molecule has 0 bridgehead atoms. The molecule has 15 heavy (non-hydrogen) atoms. The Kier molecular flexibility index (Phi) is 2.35. The van der Waals surface area contributed by atoms with Crippen molar-refractivity contribution in [3.63, 3.8) is 0 Å². The van der Waals surface area contributed by atoms with Crippen molar-refractivity contribution < 1.29 is 5.11 Å². The first-order valence-electron chi connectivity index (χ1n) is 4.40. The quantitative estimate of drug-likeness (QED) is 0.784. The average molecular weight is 218 g/mol. The molecule has 0 aromatic carbocycles. The van der Waals surface area contributed by atoms with E-state index in [-0.39, 0.29) is 0 Å². The molecule has 0 aliphatic rings. The molecule has 0 amide bonds. The molecule has 0 radical (unpaired) electrons. The largest absolute Gasteiger partial charge is 0.374 e. The predicted octanol–water partition coefficient (Wildman–Crippen LogP) is 2.10.